The number of likely N-dealkylation sites (tertiary alicyclic amines) is 1. The summed E-state index contributed by atoms with van der Waals surface area (Å²) in [6.45, 7) is 4.56. The number of H-pyrrole nitrogens is 1. The fourth-order valence-corrected chi connectivity index (χ4v) is 6.85. The second kappa shape index (κ2) is 13.1. The van der Waals surface area contributed by atoms with Crippen molar-refractivity contribution in [1.82, 2.24) is 24.3 Å². The summed E-state index contributed by atoms with van der Waals surface area (Å²) >= 11 is 1.51. The van der Waals surface area contributed by atoms with E-state index in [0.29, 0.717) is 31.9 Å². The maximum absolute atomic E-state index is 13.5. The van der Waals surface area contributed by atoms with Crippen LogP contribution in [0.5, 0.6) is 11.5 Å². The number of piperidine rings is 1. The zero-order valence-electron chi connectivity index (χ0n) is 25.2. The number of para-hydroxylation sites is 2. The van der Waals surface area contributed by atoms with Crippen LogP contribution in [0.1, 0.15) is 58.5 Å². The molecule has 1 N–H and O–H groups in total. The Balaban J connectivity index is 1.16. The lowest BCUT2D eigenvalue weighted by Gasteiger charge is -2.32. The Hall–Kier alpha value is -4.41. The number of methoxy groups -OCH3 is 2. The van der Waals surface area contributed by atoms with E-state index in [1.807, 2.05) is 63.4 Å². The normalized spacial score (nSPS) is 14.7. The van der Waals surface area contributed by atoms with Crippen LogP contribution in [0.2, 0.25) is 0 Å². The topological polar surface area (TPSA) is 92.7 Å². The Morgan fingerprint density at radius 1 is 1.02 bits per heavy atom. The molecule has 3 heterocycles. The molecule has 5 aromatic rings. The summed E-state index contributed by atoms with van der Waals surface area (Å²) in [6, 6.07) is 24.2. The number of aromatic nitrogens is 3. The van der Waals surface area contributed by atoms with Gasteiger partial charge in [0.1, 0.15) is 22.2 Å². The summed E-state index contributed by atoms with van der Waals surface area (Å²) < 4.78 is 12.9. The lowest BCUT2D eigenvalue weighted by Crippen LogP contribution is -2.40. The third kappa shape index (κ3) is 6.13. The fourth-order valence-electron chi connectivity index (χ4n) is 6.05. The van der Waals surface area contributed by atoms with Crippen LogP contribution in [0, 0.1) is 0 Å². The lowest BCUT2D eigenvalue weighted by atomic mass is 10.0. The first kappa shape index (κ1) is 29.7. The second-order valence-electron chi connectivity index (χ2n) is 11.1. The van der Waals surface area contributed by atoms with E-state index >= 15 is 0 Å². The summed E-state index contributed by atoms with van der Waals surface area (Å²) in [5.74, 6) is 1.45. The van der Waals surface area contributed by atoms with Crippen molar-refractivity contribution in [3.05, 3.63) is 110 Å². The minimum atomic E-state index is -0.0957. The number of nitrogens with zero attached hydrogens (tertiary/aromatic N) is 4. The third-order valence-electron chi connectivity index (χ3n) is 8.55. The van der Waals surface area contributed by atoms with E-state index in [0.717, 1.165) is 45.9 Å². The van der Waals surface area contributed by atoms with Crippen molar-refractivity contribution in [1.29, 1.82) is 0 Å². The first-order valence-corrected chi connectivity index (χ1v) is 15.8. The van der Waals surface area contributed by atoms with Gasteiger partial charge in [-0.1, -0.05) is 48.5 Å². The number of aromatic amines is 1. The molecule has 3 aromatic carbocycles. The smallest absolute Gasteiger partial charge is 0.326 e. The molecule has 0 radical (unpaired) electrons. The number of ether oxygens (including phenoxy) is 2. The largest absolute Gasteiger partial charge is 0.497 e. The van der Waals surface area contributed by atoms with E-state index in [-0.39, 0.29) is 23.7 Å². The summed E-state index contributed by atoms with van der Waals surface area (Å²) in [6.07, 6.45) is 1.44. The van der Waals surface area contributed by atoms with E-state index in [4.69, 9.17) is 14.5 Å². The van der Waals surface area contributed by atoms with Crippen LogP contribution in [-0.2, 0) is 13.1 Å². The standard InChI is InChI=1S/C34H37N5O4S/c1-23(24-9-5-4-6-10-24)38(20-25-13-14-27(42-2)19-31(25)43-3)21-32-35-29(22-44-32)33(40)37-17-15-26(16-18-37)39-30-12-8-7-11-28(30)36-34(39)41/h4-14,19,22-23,26H,15-18,20-21H2,1-3H3,(H,36,41). The monoisotopic (exact) mass is 611 g/mol. The van der Waals surface area contributed by atoms with Gasteiger partial charge in [-0.05, 0) is 43.5 Å². The highest BCUT2D eigenvalue weighted by Gasteiger charge is 2.28. The van der Waals surface area contributed by atoms with Gasteiger partial charge in [0.2, 0.25) is 0 Å². The van der Waals surface area contributed by atoms with Gasteiger partial charge in [0, 0.05) is 48.7 Å². The third-order valence-corrected chi connectivity index (χ3v) is 9.38. The molecule has 1 saturated heterocycles. The van der Waals surface area contributed by atoms with Crippen molar-refractivity contribution in [2.24, 2.45) is 0 Å². The molecular weight excluding hydrogens is 574 g/mol. The van der Waals surface area contributed by atoms with Gasteiger partial charge >= 0.3 is 5.69 Å². The van der Waals surface area contributed by atoms with Gasteiger partial charge in [0.15, 0.2) is 0 Å². The van der Waals surface area contributed by atoms with Crippen LogP contribution in [0.3, 0.4) is 0 Å². The highest BCUT2D eigenvalue weighted by Crippen LogP contribution is 2.31. The predicted octanol–water partition coefficient (Wildman–Crippen LogP) is 6.04. The SMILES string of the molecule is COc1ccc(CN(Cc2nc(C(=O)N3CCC(n4c(=O)[nH]c5ccccc54)CC3)cs2)C(C)c2ccccc2)c(OC)c1. The van der Waals surface area contributed by atoms with Crippen LogP contribution >= 0.6 is 11.3 Å². The molecule has 1 unspecified atom stereocenters. The maximum atomic E-state index is 13.5. The van der Waals surface area contributed by atoms with Gasteiger partial charge in [0.25, 0.3) is 5.91 Å². The van der Waals surface area contributed by atoms with Gasteiger partial charge in [-0.15, -0.1) is 11.3 Å². The van der Waals surface area contributed by atoms with Crippen LogP contribution in [-0.4, -0.2) is 57.6 Å². The number of rotatable bonds is 10. The van der Waals surface area contributed by atoms with E-state index in [1.165, 1.54) is 16.9 Å². The number of imidazole rings is 1. The molecule has 1 aliphatic rings. The van der Waals surface area contributed by atoms with Crippen molar-refractivity contribution in [3.63, 3.8) is 0 Å². The predicted molar refractivity (Wildman–Crippen MR) is 172 cm³/mol. The maximum Gasteiger partial charge on any atom is 0.326 e. The minimum absolute atomic E-state index is 0.0525. The number of benzene rings is 3. The quantitative estimate of drug-likeness (QED) is 0.207. The molecule has 1 atom stereocenters. The number of nitrogens with one attached hydrogen (secondary N) is 1. The zero-order valence-corrected chi connectivity index (χ0v) is 26.0. The summed E-state index contributed by atoms with van der Waals surface area (Å²) in [7, 11) is 3.32. The van der Waals surface area contributed by atoms with Crippen molar-refractivity contribution >= 4 is 28.3 Å². The van der Waals surface area contributed by atoms with E-state index in [1.54, 1.807) is 14.2 Å². The molecule has 6 rings (SSSR count). The molecule has 0 spiro atoms. The van der Waals surface area contributed by atoms with Crippen LogP contribution in [0.25, 0.3) is 11.0 Å². The van der Waals surface area contributed by atoms with Gasteiger partial charge < -0.3 is 19.4 Å². The molecule has 1 amide bonds. The average Bonchev–Trinajstić information content (AvgIpc) is 3.67. The number of carbonyl (C=O) groups is 1. The second-order valence-corrected chi connectivity index (χ2v) is 12.1. The first-order valence-electron chi connectivity index (χ1n) is 14.9. The summed E-state index contributed by atoms with van der Waals surface area (Å²) in [5, 5.41) is 2.75. The van der Waals surface area contributed by atoms with Gasteiger partial charge in [-0.3, -0.25) is 14.3 Å². The molecule has 44 heavy (non-hydrogen) atoms. The first-order chi connectivity index (χ1) is 21.4. The van der Waals surface area contributed by atoms with Crippen molar-refractivity contribution < 1.29 is 14.3 Å². The number of fused-ring (bicyclic) bond motifs is 1. The molecule has 10 heteroatoms. The summed E-state index contributed by atoms with van der Waals surface area (Å²) in [5.41, 5.74) is 4.37. The number of hydrogen-bond acceptors (Lipinski definition) is 7. The fraction of sp³-hybridized carbons (Fsp3) is 0.324. The van der Waals surface area contributed by atoms with Crippen molar-refractivity contribution in [2.75, 3.05) is 27.3 Å². The van der Waals surface area contributed by atoms with Gasteiger partial charge in [0.05, 0.1) is 31.8 Å². The Labute approximate surface area is 260 Å². The van der Waals surface area contributed by atoms with Crippen LogP contribution in [0.15, 0.2) is 83.0 Å². The summed E-state index contributed by atoms with van der Waals surface area (Å²) in [4.78, 5) is 38.2. The molecule has 1 fully saturated rings. The molecule has 228 valence electrons. The Kier molecular flexibility index (Phi) is 8.81. The van der Waals surface area contributed by atoms with Crippen molar-refractivity contribution in [3.8, 4) is 11.5 Å². The highest BCUT2D eigenvalue weighted by molar-refractivity contribution is 7.09. The minimum Gasteiger partial charge on any atom is -0.497 e. The van der Waals surface area contributed by atoms with E-state index in [2.05, 4.69) is 41.1 Å². The number of amides is 1. The Morgan fingerprint density at radius 3 is 2.52 bits per heavy atom. The highest BCUT2D eigenvalue weighted by atomic mass is 32.1. The average molecular weight is 612 g/mol. The molecule has 0 aliphatic carbocycles. The van der Waals surface area contributed by atoms with Crippen molar-refractivity contribution in [2.45, 2.75) is 44.9 Å². The number of hydrogen-bond donors (Lipinski definition) is 1. The van der Waals surface area contributed by atoms with E-state index < -0.39 is 0 Å². The molecular formula is C34H37N5O4S. The Bertz CT molecular complexity index is 1790. The number of thiazole rings is 1. The number of carbonyl (C=O) groups excluding carboxylic acids is 1. The van der Waals surface area contributed by atoms with Crippen LogP contribution < -0.4 is 15.2 Å². The molecule has 1 aliphatic heterocycles. The molecule has 9 nitrogen and oxygen atoms in total. The van der Waals surface area contributed by atoms with E-state index in [9.17, 15) is 9.59 Å². The van der Waals surface area contributed by atoms with Gasteiger partial charge in [-0.2, -0.15) is 0 Å². The Morgan fingerprint density at radius 2 is 1.77 bits per heavy atom. The molecule has 0 saturated carbocycles. The molecule has 2 aromatic heterocycles. The van der Waals surface area contributed by atoms with Gasteiger partial charge in [-0.25, -0.2) is 9.78 Å². The zero-order chi connectivity index (χ0) is 30.6. The van der Waals surface area contributed by atoms with Crippen LogP contribution in [0.4, 0.5) is 0 Å². The lowest BCUT2D eigenvalue weighted by molar-refractivity contribution is 0.0689. The molecule has 0 bridgehead atoms.